The first-order valence-electron chi connectivity index (χ1n) is 6.15. The summed E-state index contributed by atoms with van der Waals surface area (Å²) in [6.07, 6.45) is 1.87. The van der Waals surface area contributed by atoms with Gasteiger partial charge in [-0.3, -0.25) is 9.69 Å². The van der Waals surface area contributed by atoms with E-state index in [4.69, 9.17) is 17.0 Å². The second-order valence-corrected chi connectivity index (χ2v) is 6.86. The van der Waals surface area contributed by atoms with E-state index in [1.54, 1.807) is 18.4 Å². The van der Waals surface area contributed by atoms with Gasteiger partial charge in [0.2, 0.25) is 0 Å². The maximum absolute atomic E-state index is 12.6. The third kappa shape index (κ3) is 2.74. The maximum Gasteiger partial charge on any atom is 0.270 e. The van der Waals surface area contributed by atoms with E-state index >= 15 is 0 Å². The van der Waals surface area contributed by atoms with Crippen molar-refractivity contribution < 1.29 is 9.53 Å². The maximum atomic E-state index is 12.6. The average Bonchev–Trinajstić information content (AvgIpc) is 3.09. The fourth-order valence-corrected chi connectivity index (χ4v) is 4.00. The van der Waals surface area contributed by atoms with Crippen LogP contribution in [-0.4, -0.2) is 17.3 Å². The van der Waals surface area contributed by atoms with Gasteiger partial charge >= 0.3 is 0 Å². The predicted molar refractivity (Wildman–Crippen MR) is 93.0 cm³/mol. The molecule has 2 aromatic rings. The Morgan fingerprint density at radius 3 is 2.76 bits per heavy atom. The molecule has 1 amide bonds. The molecule has 106 valence electrons. The summed E-state index contributed by atoms with van der Waals surface area (Å²) in [5.41, 5.74) is 0.678. The third-order valence-corrected chi connectivity index (χ3v) is 5.06. The molecule has 0 N–H and O–H groups in total. The van der Waals surface area contributed by atoms with E-state index in [2.05, 4.69) is 0 Å². The van der Waals surface area contributed by atoms with E-state index in [0.29, 0.717) is 20.7 Å². The lowest BCUT2D eigenvalue weighted by atomic mass is 10.2. The number of rotatable bonds is 3. The first-order valence-corrected chi connectivity index (χ1v) is 8.25. The minimum Gasteiger partial charge on any atom is -0.495 e. The van der Waals surface area contributed by atoms with Gasteiger partial charge in [-0.2, -0.15) is 0 Å². The molecule has 3 rings (SSSR count). The zero-order valence-corrected chi connectivity index (χ0v) is 13.6. The summed E-state index contributed by atoms with van der Waals surface area (Å²) in [4.78, 5) is 15.8. The summed E-state index contributed by atoms with van der Waals surface area (Å²) < 4.78 is 5.84. The lowest BCUT2D eigenvalue weighted by molar-refractivity contribution is -0.113. The van der Waals surface area contributed by atoms with Crippen LogP contribution in [0.1, 0.15) is 4.88 Å². The zero-order chi connectivity index (χ0) is 14.8. The lowest BCUT2D eigenvalue weighted by Crippen LogP contribution is -2.27. The summed E-state index contributed by atoms with van der Waals surface area (Å²) in [5.74, 6) is 0.522. The van der Waals surface area contributed by atoms with Crippen LogP contribution in [0.25, 0.3) is 6.08 Å². The van der Waals surface area contributed by atoms with Gasteiger partial charge < -0.3 is 4.74 Å². The van der Waals surface area contributed by atoms with Crippen molar-refractivity contribution in [1.82, 2.24) is 0 Å². The standard InChI is InChI=1S/C15H11NO2S3/c1-18-12-7-3-2-6-11(12)16-14(17)13(21-15(16)19)9-10-5-4-8-20-10/h2-9H,1H3/b13-9+. The van der Waals surface area contributed by atoms with Crippen LogP contribution >= 0.6 is 35.3 Å². The van der Waals surface area contributed by atoms with Crippen molar-refractivity contribution >= 4 is 57.3 Å². The molecule has 0 aliphatic carbocycles. The van der Waals surface area contributed by atoms with E-state index in [1.807, 2.05) is 47.9 Å². The Morgan fingerprint density at radius 2 is 2.05 bits per heavy atom. The number of para-hydroxylation sites is 2. The first-order chi connectivity index (χ1) is 10.2. The summed E-state index contributed by atoms with van der Waals surface area (Å²) in [6.45, 7) is 0. The van der Waals surface area contributed by atoms with Gasteiger partial charge in [-0.15, -0.1) is 11.3 Å². The second kappa shape index (κ2) is 6.01. The number of methoxy groups -OCH3 is 1. The number of carbonyl (C=O) groups is 1. The molecule has 21 heavy (non-hydrogen) atoms. The molecule has 0 spiro atoms. The number of thiocarbonyl (C=S) groups is 1. The number of carbonyl (C=O) groups excluding carboxylic acids is 1. The van der Waals surface area contributed by atoms with E-state index in [1.165, 1.54) is 16.7 Å². The van der Waals surface area contributed by atoms with Crippen LogP contribution in [0.2, 0.25) is 0 Å². The molecule has 0 unspecified atom stereocenters. The molecule has 1 aliphatic rings. The van der Waals surface area contributed by atoms with Crippen molar-refractivity contribution in [2.45, 2.75) is 0 Å². The zero-order valence-electron chi connectivity index (χ0n) is 11.1. The van der Waals surface area contributed by atoms with Gasteiger partial charge in [-0.05, 0) is 29.7 Å². The number of hydrogen-bond acceptors (Lipinski definition) is 5. The Balaban J connectivity index is 1.98. The van der Waals surface area contributed by atoms with Gasteiger partial charge in [0.25, 0.3) is 5.91 Å². The van der Waals surface area contributed by atoms with Crippen LogP contribution in [-0.2, 0) is 4.79 Å². The number of thioether (sulfide) groups is 1. The highest BCUT2D eigenvalue weighted by Crippen LogP contribution is 2.39. The summed E-state index contributed by atoms with van der Waals surface area (Å²) >= 11 is 8.26. The minimum absolute atomic E-state index is 0.108. The van der Waals surface area contributed by atoms with Crippen LogP contribution in [0, 0.1) is 0 Å². The van der Waals surface area contributed by atoms with Crippen LogP contribution in [0.5, 0.6) is 5.75 Å². The Hall–Kier alpha value is -1.63. The molecule has 2 heterocycles. The number of nitrogens with zero attached hydrogens (tertiary/aromatic N) is 1. The molecule has 0 saturated carbocycles. The number of amides is 1. The number of anilines is 1. The largest absolute Gasteiger partial charge is 0.495 e. The summed E-state index contributed by atoms with van der Waals surface area (Å²) in [5, 5.41) is 1.98. The fourth-order valence-electron chi connectivity index (χ4n) is 1.99. The summed E-state index contributed by atoms with van der Waals surface area (Å²) in [7, 11) is 1.58. The van der Waals surface area contributed by atoms with Crippen molar-refractivity contribution in [1.29, 1.82) is 0 Å². The molecule has 1 fully saturated rings. The van der Waals surface area contributed by atoms with Crippen LogP contribution in [0.4, 0.5) is 5.69 Å². The molecular weight excluding hydrogens is 322 g/mol. The van der Waals surface area contributed by atoms with Gasteiger partial charge in [-0.25, -0.2) is 0 Å². The van der Waals surface area contributed by atoms with E-state index in [-0.39, 0.29) is 5.91 Å². The van der Waals surface area contributed by atoms with E-state index in [0.717, 1.165) is 4.88 Å². The number of ether oxygens (including phenoxy) is 1. The molecule has 1 saturated heterocycles. The highest BCUT2D eigenvalue weighted by Gasteiger charge is 2.34. The predicted octanol–water partition coefficient (Wildman–Crippen LogP) is 4.16. The molecule has 1 aromatic heterocycles. The number of hydrogen-bond donors (Lipinski definition) is 0. The normalized spacial score (nSPS) is 16.8. The van der Waals surface area contributed by atoms with Crippen LogP contribution < -0.4 is 9.64 Å². The Kier molecular flexibility index (Phi) is 4.10. The van der Waals surface area contributed by atoms with Gasteiger partial charge in [0.15, 0.2) is 4.32 Å². The molecule has 6 heteroatoms. The van der Waals surface area contributed by atoms with Crippen molar-refractivity contribution in [2.75, 3.05) is 12.0 Å². The number of benzene rings is 1. The smallest absolute Gasteiger partial charge is 0.270 e. The minimum atomic E-state index is -0.108. The quantitative estimate of drug-likeness (QED) is 0.623. The number of thiophene rings is 1. The SMILES string of the molecule is COc1ccccc1N1C(=O)/C(=C\c2cccs2)SC1=S. The van der Waals surface area contributed by atoms with Crippen molar-refractivity contribution in [3.05, 3.63) is 51.6 Å². The summed E-state index contributed by atoms with van der Waals surface area (Å²) in [6, 6.07) is 11.3. The Morgan fingerprint density at radius 1 is 1.24 bits per heavy atom. The van der Waals surface area contributed by atoms with Gasteiger partial charge in [0.1, 0.15) is 5.75 Å². The molecule has 1 aromatic carbocycles. The van der Waals surface area contributed by atoms with Crippen LogP contribution in [0.3, 0.4) is 0 Å². The van der Waals surface area contributed by atoms with Gasteiger partial charge in [0.05, 0.1) is 17.7 Å². The molecule has 0 radical (unpaired) electrons. The van der Waals surface area contributed by atoms with Crippen molar-refractivity contribution in [3.63, 3.8) is 0 Å². The monoisotopic (exact) mass is 333 g/mol. The molecular formula is C15H11NO2S3. The topological polar surface area (TPSA) is 29.5 Å². The lowest BCUT2D eigenvalue weighted by Gasteiger charge is -2.17. The highest BCUT2D eigenvalue weighted by atomic mass is 32.2. The Bertz CT molecular complexity index is 722. The third-order valence-electron chi connectivity index (χ3n) is 2.94. The molecule has 1 aliphatic heterocycles. The second-order valence-electron chi connectivity index (χ2n) is 4.20. The van der Waals surface area contributed by atoms with E-state index in [9.17, 15) is 4.79 Å². The van der Waals surface area contributed by atoms with E-state index < -0.39 is 0 Å². The fraction of sp³-hybridized carbons (Fsp3) is 0.0667. The van der Waals surface area contributed by atoms with Crippen LogP contribution in [0.15, 0.2) is 46.7 Å². The molecule has 0 atom stereocenters. The average molecular weight is 333 g/mol. The first kappa shape index (κ1) is 14.3. The molecule has 0 bridgehead atoms. The van der Waals surface area contributed by atoms with Crippen molar-refractivity contribution in [2.24, 2.45) is 0 Å². The Labute approximate surface area is 136 Å². The van der Waals surface area contributed by atoms with Gasteiger partial charge in [-0.1, -0.05) is 42.2 Å². The molecule has 3 nitrogen and oxygen atoms in total. The van der Waals surface area contributed by atoms with Crippen molar-refractivity contribution in [3.8, 4) is 5.75 Å². The van der Waals surface area contributed by atoms with Gasteiger partial charge in [0, 0.05) is 4.88 Å². The highest BCUT2D eigenvalue weighted by molar-refractivity contribution is 8.27.